The number of aromatic hydroxyl groups is 1. The molecule has 198 valence electrons. The van der Waals surface area contributed by atoms with Gasteiger partial charge in [0.05, 0.1) is 7.11 Å². The molecule has 2 unspecified atom stereocenters. The Balaban J connectivity index is 1.45. The zero-order valence-electron chi connectivity index (χ0n) is 22.7. The van der Waals surface area contributed by atoms with Crippen molar-refractivity contribution in [1.29, 1.82) is 0 Å². The molecule has 0 spiro atoms. The van der Waals surface area contributed by atoms with Crippen LogP contribution in [-0.4, -0.2) is 53.1 Å². The normalized spacial score (nSPS) is 18.9. The third-order valence-electron chi connectivity index (χ3n) is 8.22. The molecule has 5 nitrogen and oxygen atoms in total. The molecule has 2 aliphatic rings. The van der Waals surface area contributed by atoms with Crippen LogP contribution in [0.2, 0.25) is 0 Å². The highest BCUT2D eigenvalue weighted by atomic mass is 16.5. The van der Waals surface area contributed by atoms with Crippen molar-refractivity contribution in [3.63, 3.8) is 0 Å². The van der Waals surface area contributed by atoms with Crippen LogP contribution in [0.25, 0.3) is 5.57 Å². The van der Waals surface area contributed by atoms with Gasteiger partial charge in [-0.15, -0.1) is 0 Å². The highest BCUT2D eigenvalue weighted by molar-refractivity contribution is 5.95. The number of hydrogen-bond acceptors (Lipinski definition) is 4. The van der Waals surface area contributed by atoms with Crippen molar-refractivity contribution < 1.29 is 14.6 Å². The minimum atomic E-state index is 0.0676. The molecule has 2 heterocycles. The number of hydrogen-bond donors (Lipinski definition) is 1. The van der Waals surface area contributed by atoms with Gasteiger partial charge in [0.25, 0.3) is 5.91 Å². The van der Waals surface area contributed by atoms with E-state index in [-0.39, 0.29) is 11.7 Å². The quantitative estimate of drug-likeness (QED) is 0.375. The Morgan fingerprint density at radius 3 is 2.11 bits per heavy atom. The number of piperidine rings is 1. The number of carbonyl (C=O) groups excluding carboxylic acids is 1. The van der Waals surface area contributed by atoms with Gasteiger partial charge in [-0.3, -0.25) is 9.69 Å². The van der Waals surface area contributed by atoms with E-state index in [1.165, 1.54) is 29.6 Å². The highest BCUT2D eigenvalue weighted by Gasteiger charge is 2.39. The molecule has 38 heavy (non-hydrogen) atoms. The number of carbonyl (C=O) groups is 1. The fourth-order valence-electron chi connectivity index (χ4n) is 6.22. The molecule has 2 atom stereocenters. The number of phenolic OH excluding ortho intramolecular Hbond substituents is 1. The SMILES string of the molecule is CCN(CC)C(=O)c1ccc(C(=C2CC3CCC(C2)N3Cc2ccc(OC)cc2)c2cccc(O)c2)cc1. The Hall–Kier alpha value is -3.57. The van der Waals surface area contributed by atoms with Crippen LogP contribution in [0.5, 0.6) is 11.5 Å². The lowest BCUT2D eigenvalue weighted by molar-refractivity contribution is 0.0773. The Labute approximate surface area is 226 Å². The fourth-order valence-corrected chi connectivity index (χ4v) is 6.22. The minimum Gasteiger partial charge on any atom is -0.508 e. The van der Waals surface area contributed by atoms with Gasteiger partial charge in [0.2, 0.25) is 0 Å². The van der Waals surface area contributed by atoms with Crippen molar-refractivity contribution in [3.05, 3.63) is 101 Å². The first-order chi connectivity index (χ1) is 18.5. The molecule has 5 heteroatoms. The Kier molecular flexibility index (Phi) is 7.85. The van der Waals surface area contributed by atoms with Crippen LogP contribution < -0.4 is 4.74 Å². The molecule has 0 radical (unpaired) electrons. The van der Waals surface area contributed by atoms with E-state index in [9.17, 15) is 9.90 Å². The van der Waals surface area contributed by atoms with Gasteiger partial charge in [-0.25, -0.2) is 0 Å². The van der Waals surface area contributed by atoms with E-state index in [1.54, 1.807) is 13.2 Å². The zero-order chi connectivity index (χ0) is 26.6. The minimum absolute atomic E-state index is 0.0676. The van der Waals surface area contributed by atoms with Crippen molar-refractivity contribution >= 4 is 11.5 Å². The van der Waals surface area contributed by atoms with Gasteiger partial charge < -0.3 is 14.7 Å². The number of nitrogens with zero attached hydrogens (tertiary/aromatic N) is 2. The first kappa shape index (κ1) is 26.1. The largest absolute Gasteiger partial charge is 0.508 e. The second kappa shape index (κ2) is 11.4. The van der Waals surface area contributed by atoms with E-state index >= 15 is 0 Å². The van der Waals surface area contributed by atoms with Crippen molar-refractivity contribution in [2.24, 2.45) is 0 Å². The second-order valence-corrected chi connectivity index (χ2v) is 10.4. The van der Waals surface area contributed by atoms with E-state index in [0.717, 1.165) is 36.3 Å². The first-order valence-electron chi connectivity index (χ1n) is 13.8. The lowest BCUT2D eigenvalue weighted by atomic mass is 9.85. The highest BCUT2D eigenvalue weighted by Crippen LogP contribution is 2.44. The summed E-state index contributed by atoms with van der Waals surface area (Å²) in [5.74, 6) is 1.23. The molecule has 2 bridgehead atoms. The summed E-state index contributed by atoms with van der Waals surface area (Å²) in [4.78, 5) is 17.4. The maximum atomic E-state index is 12.9. The van der Waals surface area contributed by atoms with Crippen LogP contribution in [0.3, 0.4) is 0 Å². The standard InChI is InChI=1S/C33H38N2O3/c1-4-34(5-2)33(37)25-13-11-24(12-14-25)32(26-7-6-8-30(36)21-26)27-19-28-15-16-29(20-27)35(28)22-23-9-17-31(38-3)18-10-23/h6-14,17-18,21,28-29,36H,4-5,15-16,19-20,22H2,1-3H3. The lowest BCUT2D eigenvalue weighted by Gasteiger charge is -2.37. The molecule has 1 amide bonds. The van der Waals surface area contributed by atoms with Crippen LogP contribution in [0, 0.1) is 0 Å². The molecule has 0 saturated carbocycles. The first-order valence-corrected chi connectivity index (χ1v) is 13.8. The summed E-state index contributed by atoms with van der Waals surface area (Å²) in [5, 5.41) is 10.3. The number of rotatable bonds is 8. The molecule has 2 saturated heterocycles. The van der Waals surface area contributed by atoms with Crippen LogP contribution >= 0.6 is 0 Å². The number of phenols is 1. The maximum absolute atomic E-state index is 12.9. The van der Waals surface area contributed by atoms with Crippen LogP contribution in [-0.2, 0) is 6.54 Å². The summed E-state index contributed by atoms with van der Waals surface area (Å²) in [6.07, 6.45) is 4.43. The van der Waals surface area contributed by atoms with Gasteiger partial charge in [0.1, 0.15) is 11.5 Å². The summed E-state index contributed by atoms with van der Waals surface area (Å²) >= 11 is 0. The van der Waals surface area contributed by atoms with Gasteiger partial charge in [0.15, 0.2) is 0 Å². The molecule has 2 aliphatic heterocycles. The van der Waals surface area contributed by atoms with E-state index < -0.39 is 0 Å². The summed E-state index contributed by atoms with van der Waals surface area (Å²) < 4.78 is 5.33. The Bertz CT molecular complexity index is 1280. The molecule has 1 N–H and O–H groups in total. The van der Waals surface area contributed by atoms with E-state index in [1.807, 2.05) is 55.1 Å². The van der Waals surface area contributed by atoms with Crippen LogP contribution in [0.1, 0.15) is 66.6 Å². The van der Waals surface area contributed by atoms with Gasteiger partial charge in [-0.1, -0.05) is 42.0 Å². The van der Waals surface area contributed by atoms with Gasteiger partial charge in [-0.05, 0) is 98.2 Å². The molecule has 3 aromatic carbocycles. The molecule has 5 rings (SSSR count). The van der Waals surface area contributed by atoms with Crippen molar-refractivity contribution in [2.45, 2.75) is 58.2 Å². The van der Waals surface area contributed by atoms with Gasteiger partial charge in [0, 0.05) is 37.3 Å². The third-order valence-corrected chi connectivity index (χ3v) is 8.22. The molecular formula is C33H38N2O3. The molecule has 0 aliphatic carbocycles. The van der Waals surface area contributed by atoms with Crippen molar-refractivity contribution in [2.75, 3.05) is 20.2 Å². The predicted molar refractivity (Wildman–Crippen MR) is 152 cm³/mol. The monoisotopic (exact) mass is 510 g/mol. The van der Waals surface area contributed by atoms with Crippen molar-refractivity contribution in [1.82, 2.24) is 9.80 Å². The van der Waals surface area contributed by atoms with Gasteiger partial charge in [-0.2, -0.15) is 0 Å². The zero-order valence-corrected chi connectivity index (χ0v) is 22.7. The molecular weight excluding hydrogens is 472 g/mol. The lowest BCUT2D eigenvalue weighted by Crippen LogP contribution is -2.40. The maximum Gasteiger partial charge on any atom is 0.253 e. The summed E-state index contributed by atoms with van der Waals surface area (Å²) in [5.41, 5.74) is 6.81. The summed E-state index contributed by atoms with van der Waals surface area (Å²) in [7, 11) is 1.70. The van der Waals surface area contributed by atoms with Crippen LogP contribution in [0.15, 0.2) is 78.4 Å². The average molecular weight is 511 g/mol. The van der Waals surface area contributed by atoms with Crippen molar-refractivity contribution in [3.8, 4) is 11.5 Å². The second-order valence-electron chi connectivity index (χ2n) is 10.4. The number of amides is 1. The number of benzene rings is 3. The summed E-state index contributed by atoms with van der Waals surface area (Å²) in [6.45, 7) is 6.37. The molecule has 3 aromatic rings. The number of fused-ring (bicyclic) bond motifs is 2. The smallest absolute Gasteiger partial charge is 0.253 e. The molecule has 0 aromatic heterocycles. The van der Waals surface area contributed by atoms with Crippen LogP contribution in [0.4, 0.5) is 0 Å². The predicted octanol–water partition coefficient (Wildman–Crippen LogP) is 6.51. The number of ether oxygens (including phenoxy) is 1. The Morgan fingerprint density at radius 1 is 0.895 bits per heavy atom. The number of methoxy groups -OCH3 is 1. The van der Waals surface area contributed by atoms with Gasteiger partial charge >= 0.3 is 0 Å². The summed E-state index contributed by atoms with van der Waals surface area (Å²) in [6, 6.07) is 25.1. The average Bonchev–Trinajstić information content (AvgIpc) is 3.16. The van der Waals surface area contributed by atoms with E-state index in [4.69, 9.17) is 4.74 Å². The fraction of sp³-hybridized carbons (Fsp3) is 0.364. The third kappa shape index (κ3) is 5.34. The van der Waals surface area contributed by atoms with E-state index in [0.29, 0.717) is 30.7 Å². The van der Waals surface area contributed by atoms with E-state index in [2.05, 4.69) is 35.2 Å². The topological polar surface area (TPSA) is 53.0 Å². The Morgan fingerprint density at radius 2 is 1.53 bits per heavy atom. The molecule has 2 fully saturated rings.